The molecule has 234 valence electrons. The van der Waals surface area contributed by atoms with Gasteiger partial charge in [-0.2, -0.15) is 0 Å². The summed E-state index contributed by atoms with van der Waals surface area (Å²) in [6, 6.07) is 67.4. The lowest BCUT2D eigenvalue weighted by atomic mass is 9.92. The standard InChI is InChI=1S/C48H31NO/c1-2-14-32(15-3-1)33-28-30-34(31-29-33)35-21-12-22-41-39-19-7-10-26-45(39)49(47(35)41)44-25-9-6-18-38(44)36-16-4-5-17-37(36)42-23-13-24-43-40-20-8-11-27-46(40)50-48(42)43/h1-31H. The fourth-order valence-corrected chi connectivity index (χ4v) is 7.78. The average molecular weight is 638 g/mol. The van der Waals surface area contributed by atoms with E-state index in [1.165, 1.54) is 44.1 Å². The third-order valence-corrected chi connectivity index (χ3v) is 10.1. The fraction of sp³-hybridized carbons (Fsp3) is 0. The molecule has 0 N–H and O–H groups in total. The molecule has 0 spiro atoms. The molecule has 2 nitrogen and oxygen atoms in total. The van der Waals surface area contributed by atoms with Gasteiger partial charge in [0, 0.05) is 38.2 Å². The number of rotatable bonds is 5. The predicted octanol–water partition coefficient (Wildman–Crippen LogP) is 13.4. The summed E-state index contributed by atoms with van der Waals surface area (Å²) < 4.78 is 9.01. The zero-order valence-electron chi connectivity index (χ0n) is 27.3. The second-order valence-electron chi connectivity index (χ2n) is 12.8. The number of fused-ring (bicyclic) bond motifs is 6. The summed E-state index contributed by atoms with van der Waals surface area (Å²) in [5, 5.41) is 4.74. The maximum absolute atomic E-state index is 6.54. The summed E-state index contributed by atoms with van der Waals surface area (Å²) in [7, 11) is 0. The molecule has 2 heterocycles. The van der Waals surface area contributed by atoms with Crippen molar-refractivity contribution in [3.8, 4) is 50.2 Å². The van der Waals surface area contributed by atoms with Gasteiger partial charge in [0.1, 0.15) is 11.2 Å². The van der Waals surface area contributed by atoms with Gasteiger partial charge in [-0.3, -0.25) is 0 Å². The van der Waals surface area contributed by atoms with Crippen LogP contribution in [0.1, 0.15) is 0 Å². The molecule has 50 heavy (non-hydrogen) atoms. The highest BCUT2D eigenvalue weighted by Gasteiger charge is 2.21. The minimum absolute atomic E-state index is 0.905. The average Bonchev–Trinajstić information content (AvgIpc) is 3.75. The Labute approximate surface area is 290 Å². The van der Waals surface area contributed by atoms with Crippen LogP contribution in [0.15, 0.2) is 192 Å². The van der Waals surface area contributed by atoms with Crippen LogP contribution in [0.4, 0.5) is 0 Å². The van der Waals surface area contributed by atoms with E-state index in [1.807, 2.05) is 6.07 Å². The van der Waals surface area contributed by atoms with Gasteiger partial charge in [-0.1, -0.05) is 170 Å². The fourth-order valence-electron chi connectivity index (χ4n) is 7.78. The maximum atomic E-state index is 6.54. The highest BCUT2D eigenvalue weighted by atomic mass is 16.3. The second-order valence-corrected chi connectivity index (χ2v) is 12.8. The quantitative estimate of drug-likeness (QED) is 0.184. The molecule has 0 unspecified atom stereocenters. The first-order valence-corrected chi connectivity index (χ1v) is 17.1. The summed E-state index contributed by atoms with van der Waals surface area (Å²) in [4.78, 5) is 0. The lowest BCUT2D eigenvalue weighted by molar-refractivity contribution is 0.670. The van der Waals surface area contributed by atoms with Gasteiger partial charge in [0.05, 0.1) is 16.7 Å². The third-order valence-electron chi connectivity index (χ3n) is 10.1. The number of hydrogen-bond acceptors (Lipinski definition) is 1. The first kappa shape index (κ1) is 28.4. The number of para-hydroxylation sites is 5. The summed E-state index contributed by atoms with van der Waals surface area (Å²) in [5.41, 5.74) is 14.7. The molecule has 0 fully saturated rings. The molecule has 8 aromatic carbocycles. The van der Waals surface area contributed by atoms with Gasteiger partial charge in [0.2, 0.25) is 0 Å². The van der Waals surface area contributed by atoms with Crippen LogP contribution in [-0.2, 0) is 0 Å². The largest absolute Gasteiger partial charge is 0.455 e. The van der Waals surface area contributed by atoms with Gasteiger partial charge >= 0.3 is 0 Å². The zero-order chi connectivity index (χ0) is 33.0. The Hall–Kier alpha value is -6.64. The Kier molecular flexibility index (Phi) is 6.53. The molecule has 2 aromatic heterocycles. The molecule has 0 radical (unpaired) electrons. The van der Waals surface area contributed by atoms with E-state index < -0.39 is 0 Å². The van der Waals surface area contributed by atoms with Gasteiger partial charge < -0.3 is 8.98 Å². The van der Waals surface area contributed by atoms with Gasteiger partial charge in [0.15, 0.2) is 0 Å². The van der Waals surface area contributed by atoms with Crippen molar-refractivity contribution in [1.29, 1.82) is 0 Å². The highest BCUT2D eigenvalue weighted by molar-refractivity contribution is 6.15. The van der Waals surface area contributed by atoms with Crippen molar-refractivity contribution in [2.45, 2.75) is 0 Å². The molecule has 0 amide bonds. The van der Waals surface area contributed by atoms with E-state index in [4.69, 9.17) is 4.42 Å². The normalized spacial score (nSPS) is 11.6. The Morgan fingerprint density at radius 3 is 1.68 bits per heavy atom. The van der Waals surface area contributed by atoms with Gasteiger partial charge in [-0.05, 0) is 46.0 Å². The Balaban J connectivity index is 1.21. The minimum Gasteiger partial charge on any atom is -0.455 e. The van der Waals surface area contributed by atoms with Gasteiger partial charge in [-0.25, -0.2) is 0 Å². The van der Waals surface area contributed by atoms with E-state index in [0.717, 1.165) is 49.9 Å². The van der Waals surface area contributed by atoms with Crippen LogP contribution in [0.25, 0.3) is 93.9 Å². The summed E-state index contributed by atoms with van der Waals surface area (Å²) in [6.07, 6.45) is 0. The van der Waals surface area contributed by atoms with Crippen LogP contribution in [0.5, 0.6) is 0 Å². The molecule has 10 aromatic rings. The van der Waals surface area contributed by atoms with Crippen molar-refractivity contribution >= 4 is 43.7 Å². The Morgan fingerprint density at radius 1 is 0.320 bits per heavy atom. The Bertz CT molecular complexity index is 2850. The first-order valence-electron chi connectivity index (χ1n) is 17.1. The molecular weight excluding hydrogens is 607 g/mol. The van der Waals surface area contributed by atoms with Crippen molar-refractivity contribution in [2.75, 3.05) is 0 Å². The molecule has 0 atom stereocenters. The van der Waals surface area contributed by atoms with E-state index >= 15 is 0 Å². The first-order chi connectivity index (χ1) is 24.8. The van der Waals surface area contributed by atoms with Crippen molar-refractivity contribution < 1.29 is 4.42 Å². The van der Waals surface area contributed by atoms with E-state index in [-0.39, 0.29) is 0 Å². The van der Waals surface area contributed by atoms with Crippen LogP contribution < -0.4 is 0 Å². The minimum atomic E-state index is 0.905. The van der Waals surface area contributed by atoms with Crippen molar-refractivity contribution in [2.24, 2.45) is 0 Å². The number of hydrogen-bond donors (Lipinski definition) is 0. The molecule has 0 aliphatic rings. The molecule has 0 saturated heterocycles. The van der Waals surface area contributed by atoms with Crippen molar-refractivity contribution in [1.82, 2.24) is 4.57 Å². The highest BCUT2D eigenvalue weighted by Crippen LogP contribution is 2.44. The predicted molar refractivity (Wildman–Crippen MR) is 210 cm³/mol. The van der Waals surface area contributed by atoms with Crippen LogP contribution in [0.2, 0.25) is 0 Å². The monoisotopic (exact) mass is 637 g/mol. The summed E-state index contributed by atoms with van der Waals surface area (Å²) in [6.45, 7) is 0. The molecule has 0 saturated carbocycles. The van der Waals surface area contributed by atoms with E-state index in [2.05, 4.69) is 187 Å². The van der Waals surface area contributed by atoms with E-state index in [0.29, 0.717) is 0 Å². The van der Waals surface area contributed by atoms with Gasteiger partial charge in [0.25, 0.3) is 0 Å². The Morgan fingerprint density at radius 2 is 0.860 bits per heavy atom. The molecule has 0 aliphatic carbocycles. The lowest BCUT2D eigenvalue weighted by Crippen LogP contribution is -1.99. The molecule has 0 aliphatic heterocycles. The smallest absolute Gasteiger partial charge is 0.143 e. The van der Waals surface area contributed by atoms with Gasteiger partial charge in [-0.15, -0.1) is 0 Å². The van der Waals surface area contributed by atoms with Crippen LogP contribution in [0.3, 0.4) is 0 Å². The summed E-state index contributed by atoms with van der Waals surface area (Å²) in [5.74, 6) is 0. The van der Waals surface area contributed by atoms with Crippen molar-refractivity contribution in [3.05, 3.63) is 188 Å². The molecule has 2 heteroatoms. The third kappa shape index (κ3) is 4.43. The van der Waals surface area contributed by atoms with Crippen LogP contribution >= 0.6 is 0 Å². The number of benzene rings is 8. The maximum Gasteiger partial charge on any atom is 0.143 e. The van der Waals surface area contributed by atoms with Crippen LogP contribution in [0, 0.1) is 0 Å². The van der Waals surface area contributed by atoms with E-state index in [1.54, 1.807) is 0 Å². The SMILES string of the molecule is c1ccc(-c2ccc(-c3cccc4c5ccccc5n(-c5ccccc5-c5ccccc5-c5cccc6c5oc5ccccc56)c34)cc2)cc1. The molecule has 0 bridgehead atoms. The second kappa shape index (κ2) is 11.5. The van der Waals surface area contributed by atoms with E-state index in [9.17, 15) is 0 Å². The molecule has 10 rings (SSSR count). The summed E-state index contributed by atoms with van der Waals surface area (Å²) >= 11 is 0. The molecular formula is C48H31NO. The lowest BCUT2D eigenvalue weighted by Gasteiger charge is -2.18. The van der Waals surface area contributed by atoms with Crippen LogP contribution in [-0.4, -0.2) is 4.57 Å². The topological polar surface area (TPSA) is 18.1 Å². The zero-order valence-corrected chi connectivity index (χ0v) is 27.3. The van der Waals surface area contributed by atoms with Crippen molar-refractivity contribution in [3.63, 3.8) is 0 Å². The number of furan rings is 1. The number of aromatic nitrogens is 1. The number of nitrogens with zero attached hydrogens (tertiary/aromatic N) is 1.